The summed E-state index contributed by atoms with van der Waals surface area (Å²) in [7, 11) is 0. The molecule has 2 atom stereocenters. The van der Waals surface area contributed by atoms with E-state index in [2.05, 4.69) is 11.6 Å². The van der Waals surface area contributed by atoms with E-state index in [9.17, 15) is 19.5 Å². The minimum Gasteiger partial charge on any atom is -0.507 e. The first kappa shape index (κ1) is 25.7. The highest BCUT2D eigenvalue weighted by Gasteiger charge is 2.48. The van der Waals surface area contributed by atoms with E-state index in [1.54, 1.807) is 49.4 Å². The summed E-state index contributed by atoms with van der Waals surface area (Å²) in [5, 5.41) is 11.9. The van der Waals surface area contributed by atoms with E-state index in [1.165, 1.54) is 11.0 Å². The number of aromatic nitrogens is 1. The van der Waals surface area contributed by atoms with E-state index in [0.717, 1.165) is 22.6 Å². The van der Waals surface area contributed by atoms with Gasteiger partial charge in [-0.05, 0) is 55.3 Å². The largest absolute Gasteiger partial charge is 0.507 e. The van der Waals surface area contributed by atoms with Crippen LogP contribution in [0.1, 0.15) is 45.0 Å². The van der Waals surface area contributed by atoms with E-state index in [0.29, 0.717) is 28.3 Å². The fraction of sp³-hybridized carbons (Fsp3) is 0.214. The van der Waals surface area contributed by atoms with Crippen molar-refractivity contribution in [3.8, 4) is 5.75 Å². The minimum atomic E-state index is -1.03. The number of carbonyl (C=O) groups excluding carboxylic acids is 3. The average Bonchev–Trinajstić information content (AvgIpc) is 3.54. The van der Waals surface area contributed by atoms with E-state index in [-0.39, 0.29) is 34.1 Å². The summed E-state index contributed by atoms with van der Waals surface area (Å²) in [5.41, 5.74) is 2.02. The standard InChI is InChI=1S/C28H23ClN2O6S/c1-4-10-36-27(35)25-15(3)30-28(38-25)31-22(16-6-5-7-19(29)13-16)21(24(33)26(31)34)23(32)17-8-9-20-18(12-17)11-14(2)37-20/h4-9,12-14,22,32H,1,10-11H2,2-3H3/b23-21+/t14-,22+/m1/s1. The number of aryl methyl sites for hydroxylation is 1. The zero-order valence-corrected chi connectivity index (χ0v) is 22.1. The van der Waals surface area contributed by atoms with Crippen LogP contribution in [0, 0.1) is 6.92 Å². The highest BCUT2D eigenvalue weighted by Crippen LogP contribution is 2.45. The fourth-order valence-corrected chi connectivity index (χ4v) is 5.81. The van der Waals surface area contributed by atoms with Crippen LogP contribution in [0.5, 0.6) is 5.75 Å². The molecule has 2 aromatic carbocycles. The Labute approximate surface area is 227 Å². The molecule has 8 nitrogen and oxygen atoms in total. The molecule has 0 unspecified atom stereocenters. The number of hydrogen-bond donors (Lipinski definition) is 1. The monoisotopic (exact) mass is 550 g/mol. The second-order valence-corrected chi connectivity index (χ2v) is 10.4. The average molecular weight is 551 g/mol. The van der Waals surface area contributed by atoms with Gasteiger partial charge >= 0.3 is 11.9 Å². The maximum absolute atomic E-state index is 13.4. The number of ketones is 1. The van der Waals surface area contributed by atoms with Crippen LogP contribution in [0.25, 0.3) is 5.76 Å². The third-order valence-corrected chi connectivity index (χ3v) is 7.66. The van der Waals surface area contributed by atoms with Crippen molar-refractivity contribution >= 4 is 51.5 Å². The smallest absolute Gasteiger partial charge is 0.350 e. The number of rotatable bonds is 6. The lowest BCUT2D eigenvalue weighted by Crippen LogP contribution is -2.29. The quantitative estimate of drug-likeness (QED) is 0.144. The number of Topliss-reactive ketones (excluding diaryl/α,β-unsaturated/α-hetero) is 1. The van der Waals surface area contributed by atoms with Gasteiger partial charge in [-0.15, -0.1) is 0 Å². The Morgan fingerprint density at radius 3 is 2.84 bits per heavy atom. The van der Waals surface area contributed by atoms with Crippen molar-refractivity contribution in [2.45, 2.75) is 32.4 Å². The van der Waals surface area contributed by atoms with Gasteiger partial charge in [0.15, 0.2) is 5.13 Å². The molecule has 1 amide bonds. The molecule has 0 saturated carbocycles. The number of amides is 1. The summed E-state index contributed by atoms with van der Waals surface area (Å²) >= 11 is 7.20. The Kier molecular flexibility index (Phi) is 6.81. The van der Waals surface area contributed by atoms with Crippen LogP contribution >= 0.6 is 22.9 Å². The Hall–Kier alpha value is -3.95. The number of thiazole rings is 1. The van der Waals surface area contributed by atoms with Gasteiger partial charge in [0.05, 0.1) is 17.3 Å². The van der Waals surface area contributed by atoms with Gasteiger partial charge in [-0.3, -0.25) is 14.5 Å². The maximum atomic E-state index is 13.4. The Balaban J connectivity index is 1.65. The van der Waals surface area contributed by atoms with E-state index in [4.69, 9.17) is 21.1 Å². The lowest BCUT2D eigenvalue weighted by atomic mass is 9.94. The molecular formula is C28H23ClN2O6S. The lowest BCUT2D eigenvalue weighted by molar-refractivity contribution is -0.132. The van der Waals surface area contributed by atoms with Crippen molar-refractivity contribution in [3.05, 3.63) is 93.0 Å². The topological polar surface area (TPSA) is 106 Å². The molecule has 2 aliphatic heterocycles. The Morgan fingerprint density at radius 2 is 2.11 bits per heavy atom. The van der Waals surface area contributed by atoms with Crippen LogP contribution < -0.4 is 9.64 Å². The van der Waals surface area contributed by atoms with Crippen LogP contribution in [0.3, 0.4) is 0 Å². The number of anilines is 1. The predicted molar refractivity (Wildman–Crippen MR) is 144 cm³/mol. The van der Waals surface area contributed by atoms with Gasteiger partial charge in [-0.2, -0.15) is 0 Å². The predicted octanol–water partition coefficient (Wildman–Crippen LogP) is 5.40. The number of halogens is 1. The van der Waals surface area contributed by atoms with Crippen molar-refractivity contribution in [1.82, 2.24) is 4.98 Å². The molecule has 5 rings (SSSR count). The summed E-state index contributed by atoms with van der Waals surface area (Å²) in [6.07, 6.45) is 2.10. The number of fused-ring (bicyclic) bond motifs is 1. The van der Waals surface area contributed by atoms with Crippen LogP contribution in [0.15, 0.2) is 60.7 Å². The molecule has 0 radical (unpaired) electrons. The number of carbonyl (C=O) groups is 3. The number of ether oxygens (including phenoxy) is 2. The lowest BCUT2D eigenvalue weighted by Gasteiger charge is -2.23. The zero-order valence-electron chi connectivity index (χ0n) is 20.6. The maximum Gasteiger partial charge on any atom is 0.350 e. The van der Waals surface area contributed by atoms with E-state index in [1.807, 2.05) is 6.92 Å². The van der Waals surface area contributed by atoms with Gasteiger partial charge in [0, 0.05) is 17.0 Å². The second kappa shape index (κ2) is 10.1. The normalized spacial score (nSPS) is 19.8. The van der Waals surface area contributed by atoms with Crippen molar-refractivity contribution in [3.63, 3.8) is 0 Å². The molecule has 3 aromatic rings. The third kappa shape index (κ3) is 4.48. The van der Waals surface area contributed by atoms with Crippen molar-refractivity contribution in [2.75, 3.05) is 11.5 Å². The highest BCUT2D eigenvalue weighted by molar-refractivity contribution is 7.17. The SMILES string of the molecule is C=CCOC(=O)c1sc(N2C(=O)C(=O)/C(=C(/O)c3ccc4c(c3)C[C@@H](C)O4)[C@@H]2c2cccc(Cl)c2)nc1C. The first-order valence-corrected chi connectivity index (χ1v) is 13.0. The number of aliphatic hydroxyl groups excluding tert-OH is 1. The first-order chi connectivity index (χ1) is 18.2. The molecule has 2 aliphatic rings. The minimum absolute atomic E-state index is 0.0000508. The molecule has 1 saturated heterocycles. The number of hydrogen-bond acceptors (Lipinski definition) is 8. The summed E-state index contributed by atoms with van der Waals surface area (Å²) in [6, 6.07) is 10.8. The number of aliphatic hydroxyl groups is 1. The molecular weight excluding hydrogens is 528 g/mol. The third-order valence-electron chi connectivity index (χ3n) is 6.29. The summed E-state index contributed by atoms with van der Waals surface area (Å²) in [4.78, 5) is 45.2. The molecule has 1 aromatic heterocycles. The van der Waals surface area contributed by atoms with E-state index >= 15 is 0 Å². The van der Waals surface area contributed by atoms with Crippen LogP contribution in [-0.2, 0) is 20.7 Å². The highest BCUT2D eigenvalue weighted by atomic mass is 35.5. The summed E-state index contributed by atoms with van der Waals surface area (Å²) in [6.45, 7) is 7.11. The Morgan fingerprint density at radius 1 is 1.32 bits per heavy atom. The summed E-state index contributed by atoms with van der Waals surface area (Å²) < 4.78 is 10.9. The van der Waals surface area contributed by atoms with Gasteiger partial charge in [0.1, 0.15) is 29.1 Å². The Bertz CT molecular complexity index is 1530. The first-order valence-electron chi connectivity index (χ1n) is 11.8. The van der Waals surface area contributed by atoms with E-state index < -0.39 is 23.7 Å². The van der Waals surface area contributed by atoms with Crippen molar-refractivity contribution in [2.24, 2.45) is 0 Å². The molecule has 38 heavy (non-hydrogen) atoms. The summed E-state index contributed by atoms with van der Waals surface area (Å²) in [5.74, 6) is -1.97. The van der Waals surface area contributed by atoms with Crippen molar-refractivity contribution < 1.29 is 29.0 Å². The molecule has 10 heteroatoms. The number of nitrogens with zero attached hydrogens (tertiary/aromatic N) is 2. The molecule has 194 valence electrons. The van der Waals surface area contributed by atoms with Crippen LogP contribution in [0.4, 0.5) is 5.13 Å². The van der Waals surface area contributed by atoms with Crippen LogP contribution in [-0.4, -0.2) is 40.5 Å². The van der Waals surface area contributed by atoms with Gasteiger partial charge in [0.2, 0.25) is 0 Å². The zero-order chi connectivity index (χ0) is 27.1. The van der Waals surface area contributed by atoms with Gasteiger partial charge < -0.3 is 14.6 Å². The molecule has 3 heterocycles. The molecule has 1 N–H and O–H groups in total. The molecule has 0 aliphatic carbocycles. The molecule has 0 spiro atoms. The van der Waals surface area contributed by atoms with Crippen LogP contribution in [0.2, 0.25) is 5.02 Å². The molecule has 1 fully saturated rings. The van der Waals surface area contributed by atoms with Gasteiger partial charge in [-0.1, -0.05) is 47.7 Å². The van der Waals surface area contributed by atoms with Gasteiger partial charge in [-0.25, -0.2) is 9.78 Å². The van der Waals surface area contributed by atoms with Gasteiger partial charge in [0.25, 0.3) is 5.78 Å². The fourth-order valence-electron chi connectivity index (χ4n) is 4.62. The number of esters is 1. The molecule has 0 bridgehead atoms. The number of benzene rings is 2. The van der Waals surface area contributed by atoms with Crippen molar-refractivity contribution in [1.29, 1.82) is 0 Å². The second-order valence-electron chi connectivity index (χ2n) is 8.98.